The zero-order valence-electron chi connectivity index (χ0n) is 15.5. The van der Waals surface area contributed by atoms with Crippen molar-refractivity contribution in [2.45, 2.75) is 13.1 Å². The first-order chi connectivity index (χ1) is 14.3. The van der Waals surface area contributed by atoms with Crippen LogP contribution < -0.4 is 5.73 Å². The zero-order valence-corrected chi connectivity index (χ0v) is 17.8. The molecular formula is C21H15Cl2N3O3S. The van der Waals surface area contributed by atoms with Gasteiger partial charge in [-0.3, -0.25) is 19.3 Å². The van der Waals surface area contributed by atoms with E-state index in [-0.39, 0.29) is 18.3 Å². The van der Waals surface area contributed by atoms with Gasteiger partial charge in [-0.2, -0.15) is 0 Å². The maximum absolute atomic E-state index is 12.9. The fourth-order valence-corrected chi connectivity index (χ4v) is 4.58. The fourth-order valence-electron chi connectivity index (χ4n) is 3.29. The molecule has 1 saturated heterocycles. The van der Waals surface area contributed by atoms with Crippen molar-refractivity contribution in [1.82, 2.24) is 9.47 Å². The molecule has 9 heteroatoms. The Hall–Kier alpha value is -2.74. The number of imide groups is 1. The highest BCUT2D eigenvalue weighted by Crippen LogP contribution is 2.36. The first-order valence-electron chi connectivity index (χ1n) is 8.89. The summed E-state index contributed by atoms with van der Waals surface area (Å²) < 4.78 is 1.72. The Kier molecular flexibility index (Phi) is 5.60. The fraction of sp³-hybridized carbons (Fsp3) is 0.0952. The number of carbonyl (C=O) groups is 3. The van der Waals surface area contributed by atoms with Crippen molar-refractivity contribution in [2.24, 2.45) is 5.73 Å². The number of hydrogen-bond donors (Lipinski definition) is 1. The summed E-state index contributed by atoms with van der Waals surface area (Å²) in [5.74, 6) is -0.870. The average molecular weight is 460 g/mol. The minimum atomic E-state index is -0.470. The Morgan fingerprint density at radius 3 is 2.63 bits per heavy atom. The lowest BCUT2D eigenvalue weighted by molar-refractivity contribution is -0.123. The van der Waals surface area contributed by atoms with Gasteiger partial charge in [0.25, 0.3) is 11.1 Å². The Bertz CT molecular complexity index is 1240. The lowest BCUT2D eigenvalue weighted by Crippen LogP contribution is -2.27. The number of fused-ring (bicyclic) bond motifs is 1. The maximum atomic E-state index is 12.9. The van der Waals surface area contributed by atoms with E-state index in [4.69, 9.17) is 28.9 Å². The largest absolute Gasteiger partial charge is 0.368 e. The molecular weight excluding hydrogens is 445 g/mol. The lowest BCUT2D eigenvalue weighted by atomic mass is 10.1. The predicted octanol–water partition coefficient (Wildman–Crippen LogP) is 4.67. The predicted molar refractivity (Wildman–Crippen MR) is 119 cm³/mol. The van der Waals surface area contributed by atoms with Gasteiger partial charge in [-0.1, -0.05) is 47.5 Å². The Balaban J connectivity index is 1.66. The van der Waals surface area contributed by atoms with Crippen molar-refractivity contribution < 1.29 is 14.4 Å². The molecule has 0 saturated carbocycles. The molecule has 152 valence electrons. The molecule has 0 spiro atoms. The first kappa shape index (κ1) is 20.5. The van der Waals surface area contributed by atoms with Crippen molar-refractivity contribution in [3.63, 3.8) is 0 Å². The Labute approximate surface area is 186 Å². The van der Waals surface area contributed by atoms with Crippen LogP contribution >= 0.6 is 35.0 Å². The molecule has 4 rings (SSSR count). The lowest BCUT2D eigenvalue weighted by Gasteiger charge is -2.13. The van der Waals surface area contributed by atoms with E-state index in [9.17, 15) is 14.4 Å². The molecule has 0 aliphatic carbocycles. The van der Waals surface area contributed by atoms with E-state index in [1.54, 1.807) is 35.0 Å². The third kappa shape index (κ3) is 3.96. The van der Waals surface area contributed by atoms with Crippen LogP contribution in [0.5, 0.6) is 0 Å². The summed E-state index contributed by atoms with van der Waals surface area (Å²) in [6, 6.07) is 12.4. The minimum Gasteiger partial charge on any atom is -0.368 e. The van der Waals surface area contributed by atoms with Gasteiger partial charge < -0.3 is 10.3 Å². The van der Waals surface area contributed by atoms with E-state index in [1.165, 1.54) is 0 Å². The van der Waals surface area contributed by atoms with Crippen LogP contribution in [0.15, 0.2) is 53.6 Å². The van der Waals surface area contributed by atoms with E-state index >= 15 is 0 Å². The van der Waals surface area contributed by atoms with Gasteiger partial charge in [0.15, 0.2) is 0 Å². The Morgan fingerprint density at radius 1 is 1.13 bits per heavy atom. The average Bonchev–Trinajstić information content (AvgIpc) is 3.16. The number of para-hydroxylation sites is 1. The topological polar surface area (TPSA) is 85.4 Å². The Morgan fingerprint density at radius 2 is 1.90 bits per heavy atom. The van der Waals surface area contributed by atoms with Gasteiger partial charge in [-0.25, -0.2) is 0 Å². The summed E-state index contributed by atoms with van der Waals surface area (Å²) in [6.07, 6.45) is 3.41. The van der Waals surface area contributed by atoms with Crippen LogP contribution in [-0.4, -0.2) is 26.5 Å². The van der Waals surface area contributed by atoms with E-state index in [0.717, 1.165) is 33.1 Å². The van der Waals surface area contributed by atoms with Crippen LogP contribution in [0.4, 0.5) is 4.79 Å². The van der Waals surface area contributed by atoms with Crippen molar-refractivity contribution in [1.29, 1.82) is 0 Å². The number of benzene rings is 2. The van der Waals surface area contributed by atoms with Gasteiger partial charge in [-0.15, -0.1) is 0 Å². The number of nitrogens with zero attached hydrogens (tertiary/aromatic N) is 2. The number of nitrogens with two attached hydrogens (primary N) is 1. The van der Waals surface area contributed by atoms with Gasteiger partial charge in [0.1, 0.15) is 6.54 Å². The van der Waals surface area contributed by atoms with Crippen LogP contribution in [0, 0.1) is 0 Å². The van der Waals surface area contributed by atoms with Crippen LogP contribution in [0.3, 0.4) is 0 Å². The number of aromatic nitrogens is 1. The standard InChI is InChI=1S/C21H15Cl2N3O3S/c22-14-6-5-12(16(23)8-14)10-26-20(28)18(30-21(26)29)7-13-9-25(11-19(24)27)17-4-2-1-3-15(13)17/h1-9H,10-11H2,(H2,24,27)/b18-7-. The third-order valence-corrected chi connectivity index (χ3v) is 6.14. The molecule has 1 aliphatic rings. The molecule has 0 bridgehead atoms. The molecule has 2 heterocycles. The number of primary amides is 1. The first-order valence-corrected chi connectivity index (χ1v) is 10.5. The van der Waals surface area contributed by atoms with Gasteiger partial charge in [0.05, 0.1) is 11.4 Å². The zero-order chi connectivity index (χ0) is 21.4. The molecule has 1 fully saturated rings. The molecule has 2 aromatic carbocycles. The van der Waals surface area contributed by atoms with Crippen molar-refractivity contribution in [2.75, 3.05) is 0 Å². The second-order valence-electron chi connectivity index (χ2n) is 6.70. The summed E-state index contributed by atoms with van der Waals surface area (Å²) >= 11 is 13.0. The van der Waals surface area contributed by atoms with E-state index in [0.29, 0.717) is 20.5 Å². The highest BCUT2D eigenvalue weighted by molar-refractivity contribution is 8.18. The molecule has 2 N–H and O–H groups in total. The van der Waals surface area contributed by atoms with Gasteiger partial charge in [0.2, 0.25) is 5.91 Å². The maximum Gasteiger partial charge on any atom is 0.293 e. The summed E-state index contributed by atoms with van der Waals surface area (Å²) in [4.78, 5) is 38.2. The second-order valence-corrected chi connectivity index (χ2v) is 8.54. The number of thioether (sulfide) groups is 1. The van der Waals surface area contributed by atoms with Crippen LogP contribution in [0.1, 0.15) is 11.1 Å². The molecule has 3 amide bonds. The SMILES string of the molecule is NC(=O)Cn1cc(/C=C2\SC(=O)N(Cc3ccc(Cl)cc3Cl)C2=O)c2ccccc21. The van der Waals surface area contributed by atoms with Crippen molar-refractivity contribution in [3.8, 4) is 0 Å². The van der Waals surface area contributed by atoms with E-state index in [2.05, 4.69) is 0 Å². The summed E-state index contributed by atoms with van der Waals surface area (Å²) in [7, 11) is 0. The molecule has 1 aliphatic heterocycles. The monoisotopic (exact) mass is 459 g/mol. The summed E-state index contributed by atoms with van der Waals surface area (Å²) in [5, 5.41) is 1.34. The van der Waals surface area contributed by atoms with E-state index < -0.39 is 11.8 Å². The normalized spacial score (nSPS) is 15.5. The van der Waals surface area contributed by atoms with Gasteiger partial charge in [0, 0.05) is 32.7 Å². The minimum absolute atomic E-state index is 0.0187. The van der Waals surface area contributed by atoms with Crippen molar-refractivity contribution in [3.05, 3.63) is 74.7 Å². The summed E-state index contributed by atoms with van der Waals surface area (Å²) in [5.41, 5.74) is 7.50. The molecule has 3 aromatic rings. The third-order valence-electron chi connectivity index (χ3n) is 4.65. The highest BCUT2D eigenvalue weighted by atomic mass is 35.5. The molecule has 0 atom stereocenters. The van der Waals surface area contributed by atoms with E-state index in [1.807, 2.05) is 24.3 Å². The highest BCUT2D eigenvalue weighted by Gasteiger charge is 2.35. The van der Waals surface area contributed by atoms with Gasteiger partial charge >= 0.3 is 0 Å². The smallest absolute Gasteiger partial charge is 0.293 e. The molecule has 6 nitrogen and oxygen atoms in total. The molecule has 0 radical (unpaired) electrons. The quantitative estimate of drug-likeness (QED) is 0.561. The van der Waals surface area contributed by atoms with Crippen LogP contribution in [0.25, 0.3) is 17.0 Å². The number of rotatable bonds is 5. The molecule has 0 unspecified atom stereocenters. The van der Waals surface area contributed by atoms with Gasteiger partial charge in [-0.05, 0) is 41.6 Å². The van der Waals surface area contributed by atoms with Crippen molar-refractivity contribution >= 4 is 69.0 Å². The summed E-state index contributed by atoms with van der Waals surface area (Å²) in [6.45, 7) is 0.0757. The molecule has 1 aromatic heterocycles. The second kappa shape index (κ2) is 8.18. The molecule has 30 heavy (non-hydrogen) atoms. The van der Waals surface area contributed by atoms with Crippen LogP contribution in [0.2, 0.25) is 10.0 Å². The number of carbonyl (C=O) groups excluding carboxylic acids is 3. The van der Waals surface area contributed by atoms with Crippen LogP contribution in [-0.2, 0) is 22.7 Å². The number of amides is 3. The number of hydrogen-bond acceptors (Lipinski definition) is 4. The number of halogens is 2.